The average Bonchev–Trinajstić information content (AvgIpc) is 2.73. The van der Waals surface area contributed by atoms with Gasteiger partial charge in [-0.3, -0.25) is 4.79 Å². The van der Waals surface area contributed by atoms with Crippen LogP contribution in [-0.4, -0.2) is 34.6 Å². The lowest BCUT2D eigenvalue weighted by molar-refractivity contribution is -0.138. The molecule has 1 heterocycles. The Kier molecular flexibility index (Phi) is 2.77. The van der Waals surface area contributed by atoms with Gasteiger partial charge in [-0.2, -0.15) is 0 Å². The highest BCUT2D eigenvalue weighted by Crippen LogP contribution is 2.39. The van der Waals surface area contributed by atoms with Crippen molar-refractivity contribution in [1.82, 2.24) is 9.88 Å². The molecule has 82 valence electrons. The fourth-order valence-electron chi connectivity index (χ4n) is 1.99. The van der Waals surface area contributed by atoms with Crippen LogP contribution in [-0.2, 0) is 11.3 Å². The number of hydrogen-bond donors (Lipinski definition) is 2. The monoisotopic (exact) mass is 208 g/mol. The van der Waals surface area contributed by atoms with Crippen LogP contribution in [0, 0.1) is 11.8 Å². The van der Waals surface area contributed by atoms with Gasteiger partial charge in [-0.05, 0) is 31.0 Å². The summed E-state index contributed by atoms with van der Waals surface area (Å²) in [6.07, 6.45) is 4.71. The molecule has 0 spiro atoms. The van der Waals surface area contributed by atoms with Crippen LogP contribution in [0.5, 0.6) is 0 Å². The second kappa shape index (κ2) is 4.06. The molecule has 4 heteroatoms. The molecule has 0 radical (unpaired) electrons. The van der Waals surface area contributed by atoms with E-state index in [4.69, 9.17) is 5.11 Å². The molecule has 0 aliphatic heterocycles. The third-order valence-corrected chi connectivity index (χ3v) is 2.90. The van der Waals surface area contributed by atoms with Gasteiger partial charge >= 0.3 is 5.97 Å². The molecule has 0 saturated heterocycles. The molecule has 1 aromatic heterocycles. The van der Waals surface area contributed by atoms with E-state index < -0.39 is 5.97 Å². The number of H-pyrrole nitrogens is 1. The number of aromatic amines is 1. The second-order valence-electron chi connectivity index (χ2n) is 4.36. The number of aromatic nitrogens is 1. The molecule has 0 aromatic carbocycles. The largest absolute Gasteiger partial charge is 0.481 e. The van der Waals surface area contributed by atoms with Crippen molar-refractivity contribution in [1.29, 1.82) is 0 Å². The molecule has 15 heavy (non-hydrogen) atoms. The maximum Gasteiger partial charge on any atom is 0.306 e. The molecule has 2 atom stereocenters. The molecule has 4 nitrogen and oxygen atoms in total. The number of rotatable bonds is 5. The van der Waals surface area contributed by atoms with Crippen LogP contribution in [0.25, 0.3) is 0 Å². The van der Waals surface area contributed by atoms with Gasteiger partial charge in [-0.25, -0.2) is 0 Å². The van der Waals surface area contributed by atoms with E-state index in [9.17, 15) is 4.79 Å². The maximum atomic E-state index is 10.6. The lowest BCUT2D eigenvalue weighted by Gasteiger charge is -2.15. The standard InChI is InChI=1S/C11H16N2O2/c1-13(6-8-2-3-12-5-8)7-9-4-10(9)11(14)15/h2-3,5,9-10,12H,4,6-7H2,1H3,(H,14,15). The molecular weight excluding hydrogens is 192 g/mol. The van der Waals surface area contributed by atoms with Gasteiger partial charge in [-0.1, -0.05) is 0 Å². The molecule has 0 amide bonds. The van der Waals surface area contributed by atoms with Crippen molar-refractivity contribution in [2.75, 3.05) is 13.6 Å². The highest BCUT2D eigenvalue weighted by molar-refractivity contribution is 5.73. The van der Waals surface area contributed by atoms with E-state index in [2.05, 4.69) is 9.88 Å². The van der Waals surface area contributed by atoms with Gasteiger partial charge in [0.1, 0.15) is 0 Å². The summed E-state index contributed by atoms with van der Waals surface area (Å²) in [6.45, 7) is 1.76. The molecule has 1 aliphatic carbocycles. The first-order valence-electron chi connectivity index (χ1n) is 5.20. The minimum atomic E-state index is -0.643. The summed E-state index contributed by atoms with van der Waals surface area (Å²) in [5.74, 6) is -0.389. The zero-order valence-corrected chi connectivity index (χ0v) is 8.81. The van der Waals surface area contributed by atoms with Crippen molar-refractivity contribution >= 4 is 5.97 Å². The summed E-state index contributed by atoms with van der Waals surface area (Å²) < 4.78 is 0. The van der Waals surface area contributed by atoms with E-state index >= 15 is 0 Å². The smallest absolute Gasteiger partial charge is 0.306 e. The van der Waals surface area contributed by atoms with Crippen LogP contribution in [0.4, 0.5) is 0 Å². The Morgan fingerprint density at radius 3 is 3.07 bits per heavy atom. The minimum absolute atomic E-state index is 0.0984. The molecular formula is C11H16N2O2. The molecule has 0 bridgehead atoms. The Hall–Kier alpha value is -1.29. The van der Waals surface area contributed by atoms with Gasteiger partial charge in [0.25, 0.3) is 0 Å². The van der Waals surface area contributed by atoms with Crippen LogP contribution in [0.1, 0.15) is 12.0 Å². The molecule has 1 aliphatic rings. The number of nitrogens with one attached hydrogen (secondary N) is 1. The minimum Gasteiger partial charge on any atom is -0.481 e. The Morgan fingerprint density at radius 1 is 1.73 bits per heavy atom. The highest BCUT2D eigenvalue weighted by atomic mass is 16.4. The van der Waals surface area contributed by atoms with Gasteiger partial charge < -0.3 is 15.0 Å². The van der Waals surface area contributed by atoms with Crippen LogP contribution >= 0.6 is 0 Å². The number of aliphatic carboxylic acids is 1. The Balaban J connectivity index is 1.75. The second-order valence-corrected chi connectivity index (χ2v) is 4.36. The van der Waals surface area contributed by atoms with Crippen molar-refractivity contribution in [2.24, 2.45) is 11.8 Å². The summed E-state index contributed by atoms with van der Waals surface area (Å²) >= 11 is 0. The maximum absolute atomic E-state index is 10.6. The number of hydrogen-bond acceptors (Lipinski definition) is 2. The van der Waals surface area contributed by atoms with E-state index in [1.54, 1.807) is 0 Å². The fourth-order valence-corrected chi connectivity index (χ4v) is 1.99. The number of carboxylic acids is 1. The van der Waals surface area contributed by atoms with Crippen LogP contribution < -0.4 is 0 Å². The Morgan fingerprint density at radius 2 is 2.53 bits per heavy atom. The van der Waals surface area contributed by atoms with Gasteiger partial charge in [0.15, 0.2) is 0 Å². The number of carbonyl (C=O) groups is 1. The first-order valence-corrected chi connectivity index (χ1v) is 5.20. The topological polar surface area (TPSA) is 56.3 Å². The van der Waals surface area contributed by atoms with E-state index in [-0.39, 0.29) is 5.92 Å². The van der Waals surface area contributed by atoms with Gasteiger partial charge in [-0.15, -0.1) is 0 Å². The predicted molar refractivity (Wildman–Crippen MR) is 56.4 cm³/mol. The third-order valence-electron chi connectivity index (χ3n) is 2.90. The van der Waals surface area contributed by atoms with E-state index in [1.807, 2.05) is 25.5 Å². The lowest BCUT2D eigenvalue weighted by atomic mass is 10.2. The van der Waals surface area contributed by atoms with Gasteiger partial charge in [0, 0.05) is 25.5 Å². The third kappa shape index (κ3) is 2.59. The van der Waals surface area contributed by atoms with E-state index in [0.717, 1.165) is 19.5 Å². The summed E-state index contributed by atoms with van der Waals surface area (Å²) in [7, 11) is 2.03. The number of nitrogens with zero attached hydrogens (tertiary/aromatic N) is 1. The van der Waals surface area contributed by atoms with E-state index in [1.165, 1.54) is 5.56 Å². The lowest BCUT2D eigenvalue weighted by Crippen LogP contribution is -2.21. The summed E-state index contributed by atoms with van der Waals surface area (Å²) in [6, 6.07) is 2.04. The quantitative estimate of drug-likeness (QED) is 0.763. The normalized spacial score (nSPS) is 24.4. The Bertz CT molecular complexity index is 334. The van der Waals surface area contributed by atoms with Crippen LogP contribution in [0.15, 0.2) is 18.5 Å². The number of carboxylic acid groups (broad SMARTS) is 1. The first-order chi connectivity index (χ1) is 7.16. The van der Waals surface area contributed by atoms with Crippen molar-refractivity contribution in [2.45, 2.75) is 13.0 Å². The summed E-state index contributed by atoms with van der Waals surface area (Å²) in [5.41, 5.74) is 1.24. The van der Waals surface area contributed by atoms with Crippen molar-refractivity contribution < 1.29 is 9.90 Å². The molecule has 2 N–H and O–H groups in total. The van der Waals surface area contributed by atoms with Gasteiger partial charge in [0.2, 0.25) is 0 Å². The van der Waals surface area contributed by atoms with Crippen LogP contribution in [0.2, 0.25) is 0 Å². The summed E-state index contributed by atoms with van der Waals surface area (Å²) in [5, 5.41) is 8.77. The van der Waals surface area contributed by atoms with Crippen LogP contribution in [0.3, 0.4) is 0 Å². The van der Waals surface area contributed by atoms with E-state index in [0.29, 0.717) is 5.92 Å². The zero-order chi connectivity index (χ0) is 10.8. The highest BCUT2D eigenvalue weighted by Gasteiger charge is 2.43. The molecule has 2 unspecified atom stereocenters. The van der Waals surface area contributed by atoms with Gasteiger partial charge in [0.05, 0.1) is 5.92 Å². The van der Waals surface area contributed by atoms with Crippen molar-refractivity contribution in [3.63, 3.8) is 0 Å². The molecule has 2 rings (SSSR count). The molecule has 1 aromatic rings. The predicted octanol–water partition coefficient (Wildman–Crippen LogP) is 1.17. The molecule has 1 fully saturated rings. The Labute approximate surface area is 88.9 Å². The SMILES string of the molecule is CN(Cc1cc[nH]c1)CC1CC1C(=O)O. The zero-order valence-electron chi connectivity index (χ0n) is 8.81. The van der Waals surface area contributed by atoms with Crippen molar-refractivity contribution in [3.8, 4) is 0 Å². The van der Waals surface area contributed by atoms with Crippen molar-refractivity contribution in [3.05, 3.63) is 24.0 Å². The fraction of sp³-hybridized carbons (Fsp3) is 0.545. The summed E-state index contributed by atoms with van der Waals surface area (Å²) in [4.78, 5) is 15.8. The average molecular weight is 208 g/mol. The first kappa shape index (κ1) is 10.2. The molecule has 1 saturated carbocycles.